The molecule has 2 rings (SSSR count). The lowest BCUT2D eigenvalue weighted by molar-refractivity contribution is 0.0693. The minimum atomic E-state index is -0.884. The molecule has 0 bridgehead atoms. The Bertz CT molecular complexity index is 439. The standard InChI is InChI=1S/C14H20N2O2/c1-16(2)14(8-5-9-14)10-15-12-7-4-3-6-11(12)13(17)18/h3-4,6-7,15H,5,8-10H2,1-2H3,(H,17,18). The highest BCUT2D eigenvalue weighted by atomic mass is 16.4. The molecular weight excluding hydrogens is 228 g/mol. The van der Waals surface area contributed by atoms with E-state index >= 15 is 0 Å². The third-order valence-electron chi connectivity index (χ3n) is 4.00. The maximum Gasteiger partial charge on any atom is 0.337 e. The van der Waals surface area contributed by atoms with Crippen LogP contribution in [0, 0.1) is 0 Å². The van der Waals surface area contributed by atoms with E-state index in [1.54, 1.807) is 12.1 Å². The third kappa shape index (κ3) is 2.34. The van der Waals surface area contributed by atoms with E-state index in [0.29, 0.717) is 11.3 Å². The van der Waals surface area contributed by atoms with Crippen molar-refractivity contribution in [1.82, 2.24) is 4.90 Å². The molecule has 2 N–H and O–H groups in total. The monoisotopic (exact) mass is 248 g/mol. The van der Waals surface area contributed by atoms with Crippen LogP contribution in [0.15, 0.2) is 24.3 Å². The van der Waals surface area contributed by atoms with E-state index in [2.05, 4.69) is 24.3 Å². The lowest BCUT2D eigenvalue weighted by Crippen LogP contribution is -2.54. The first-order chi connectivity index (χ1) is 8.55. The Morgan fingerprint density at radius 3 is 2.56 bits per heavy atom. The molecule has 98 valence electrons. The van der Waals surface area contributed by atoms with Crippen molar-refractivity contribution in [2.24, 2.45) is 0 Å². The summed E-state index contributed by atoms with van der Waals surface area (Å²) >= 11 is 0. The number of hydrogen-bond donors (Lipinski definition) is 2. The van der Waals surface area contributed by atoms with Crippen molar-refractivity contribution < 1.29 is 9.90 Å². The number of carbonyl (C=O) groups is 1. The maximum atomic E-state index is 11.1. The highest BCUT2D eigenvalue weighted by molar-refractivity contribution is 5.94. The van der Waals surface area contributed by atoms with Crippen molar-refractivity contribution in [1.29, 1.82) is 0 Å². The minimum absolute atomic E-state index is 0.186. The molecular formula is C14H20N2O2. The van der Waals surface area contributed by atoms with Crippen LogP contribution in [0.1, 0.15) is 29.6 Å². The fourth-order valence-electron chi connectivity index (χ4n) is 2.45. The van der Waals surface area contributed by atoms with E-state index in [1.165, 1.54) is 19.3 Å². The van der Waals surface area contributed by atoms with Gasteiger partial charge in [-0.3, -0.25) is 0 Å². The molecule has 4 heteroatoms. The van der Waals surface area contributed by atoms with Crippen molar-refractivity contribution in [3.05, 3.63) is 29.8 Å². The van der Waals surface area contributed by atoms with Crippen LogP contribution in [0.25, 0.3) is 0 Å². The SMILES string of the molecule is CN(C)C1(CNc2ccccc2C(=O)O)CCC1. The van der Waals surface area contributed by atoms with Gasteiger partial charge in [0.15, 0.2) is 0 Å². The van der Waals surface area contributed by atoms with Crippen molar-refractivity contribution >= 4 is 11.7 Å². The first-order valence-corrected chi connectivity index (χ1v) is 6.29. The van der Waals surface area contributed by atoms with Crippen LogP contribution < -0.4 is 5.32 Å². The highest BCUT2D eigenvalue weighted by Gasteiger charge is 2.38. The molecule has 1 saturated carbocycles. The highest BCUT2D eigenvalue weighted by Crippen LogP contribution is 2.36. The maximum absolute atomic E-state index is 11.1. The van der Waals surface area contributed by atoms with Crippen LogP contribution in [0.5, 0.6) is 0 Å². The van der Waals surface area contributed by atoms with Crippen LogP contribution in [0.3, 0.4) is 0 Å². The van der Waals surface area contributed by atoms with Gasteiger partial charge in [0, 0.05) is 17.8 Å². The number of anilines is 1. The second kappa shape index (κ2) is 4.98. The topological polar surface area (TPSA) is 52.6 Å². The fourth-order valence-corrected chi connectivity index (χ4v) is 2.45. The minimum Gasteiger partial charge on any atom is -0.478 e. The predicted molar refractivity (Wildman–Crippen MR) is 72.2 cm³/mol. The smallest absolute Gasteiger partial charge is 0.337 e. The molecule has 4 nitrogen and oxygen atoms in total. The number of likely N-dealkylation sites (N-methyl/N-ethyl adjacent to an activating group) is 1. The Morgan fingerprint density at radius 2 is 2.06 bits per heavy atom. The van der Waals surface area contributed by atoms with Gasteiger partial charge in [-0.25, -0.2) is 4.79 Å². The van der Waals surface area contributed by atoms with Gasteiger partial charge in [0.25, 0.3) is 0 Å². The summed E-state index contributed by atoms with van der Waals surface area (Å²) in [5.74, 6) is -0.884. The summed E-state index contributed by atoms with van der Waals surface area (Å²) in [4.78, 5) is 13.4. The largest absolute Gasteiger partial charge is 0.478 e. The molecule has 0 unspecified atom stereocenters. The molecule has 18 heavy (non-hydrogen) atoms. The summed E-state index contributed by atoms with van der Waals surface area (Å²) in [7, 11) is 4.17. The molecule has 0 heterocycles. The van der Waals surface area contributed by atoms with Crippen LogP contribution in [0.2, 0.25) is 0 Å². The Labute approximate surface area is 108 Å². The first kappa shape index (κ1) is 12.9. The van der Waals surface area contributed by atoms with Gasteiger partial charge in [-0.05, 0) is 45.5 Å². The van der Waals surface area contributed by atoms with Gasteiger partial charge in [0.1, 0.15) is 0 Å². The summed E-state index contributed by atoms with van der Waals surface area (Å²) in [6.45, 7) is 0.796. The average molecular weight is 248 g/mol. The number of nitrogens with zero attached hydrogens (tertiary/aromatic N) is 1. The summed E-state index contributed by atoms with van der Waals surface area (Å²) in [6.07, 6.45) is 3.59. The van der Waals surface area contributed by atoms with Gasteiger partial charge in [0.05, 0.1) is 5.56 Å². The van der Waals surface area contributed by atoms with E-state index in [9.17, 15) is 4.79 Å². The Kier molecular flexibility index (Phi) is 3.57. The molecule has 1 aliphatic carbocycles. The van der Waals surface area contributed by atoms with E-state index < -0.39 is 5.97 Å². The van der Waals surface area contributed by atoms with E-state index in [0.717, 1.165) is 6.54 Å². The molecule has 0 aromatic heterocycles. The van der Waals surface area contributed by atoms with Crippen LogP contribution in [-0.4, -0.2) is 42.2 Å². The predicted octanol–water partition coefficient (Wildman–Crippen LogP) is 2.28. The zero-order valence-electron chi connectivity index (χ0n) is 10.9. The Morgan fingerprint density at radius 1 is 1.39 bits per heavy atom. The summed E-state index contributed by atoms with van der Waals surface area (Å²) in [5, 5.41) is 12.4. The molecule has 0 aliphatic heterocycles. The number of carboxylic acids is 1. The van der Waals surface area contributed by atoms with Crippen LogP contribution >= 0.6 is 0 Å². The van der Waals surface area contributed by atoms with Crippen molar-refractivity contribution in [3.8, 4) is 0 Å². The number of carboxylic acid groups (broad SMARTS) is 1. The van der Waals surface area contributed by atoms with Crippen molar-refractivity contribution in [3.63, 3.8) is 0 Å². The lowest BCUT2D eigenvalue weighted by atomic mass is 9.75. The molecule has 1 aromatic rings. The first-order valence-electron chi connectivity index (χ1n) is 6.29. The molecule has 1 aromatic carbocycles. The molecule has 0 radical (unpaired) electrons. The van der Waals surface area contributed by atoms with Gasteiger partial charge in [0.2, 0.25) is 0 Å². The number of para-hydroxylation sites is 1. The van der Waals surface area contributed by atoms with Gasteiger partial charge in [-0.2, -0.15) is 0 Å². The molecule has 0 amide bonds. The van der Waals surface area contributed by atoms with Gasteiger partial charge in [-0.1, -0.05) is 12.1 Å². The second-order valence-corrected chi connectivity index (χ2v) is 5.18. The van der Waals surface area contributed by atoms with E-state index in [1.807, 2.05) is 12.1 Å². The Balaban J connectivity index is 2.08. The normalized spacial score (nSPS) is 17.3. The van der Waals surface area contributed by atoms with Crippen LogP contribution in [0.4, 0.5) is 5.69 Å². The lowest BCUT2D eigenvalue weighted by Gasteiger charge is -2.47. The number of rotatable bonds is 5. The van der Waals surface area contributed by atoms with Crippen molar-refractivity contribution in [2.75, 3.05) is 26.0 Å². The zero-order chi connectivity index (χ0) is 13.2. The molecule has 1 aliphatic rings. The molecule has 0 spiro atoms. The summed E-state index contributed by atoms with van der Waals surface area (Å²) < 4.78 is 0. The van der Waals surface area contributed by atoms with Crippen molar-refractivity contribution in [2.45, 2.75) is 24.8 Å². The number of hydrogen-bond acceptors (Lipinski definition) is 3. The fraction of sp³-hybridized carbons (Fsp3) is 0.500. The number of nitrogens with one attached hydrogen (secondary N) is 1. The number of aromatic carboxylic acids is 1. The van der Waals surface area contributed by atoms with Gasteiger partial charge < -0.3 is 15.3 Å². The van der Waals surface area contributed by atoms with Gasteiger partial charge in [-0.15, -0.1) is 0 Å². The molecule has 0 atom stereocenters. The average Bonchev–Trinajstić information content (AvgIpc) is 2.27. The quantitative estimate of drug-likeness (QED) is 0.839. The Hall–Kier alpha value is -1.55. The number of benzene rings is 1. The second-order valence-electron chi connectivity index (χ2n) is 5.18. The van der Waals surface area contributed by atoms with E-state index in [-0.39, 0.29) is 5.54 Å². The molecule has 0 saturated heterocycles. The summed E-state index contributed by atoms with van der Waals surface area (Å²) in [6, 6.07) is 7.07. The van der Waals surface area contributed by atoms with Crippen LogP contribution in [-0.2, 0) is 0 Å². The van der Waals surface area contributed by atoms with Gasteiger partial charge >= 0.3 is 5.97 Å². The zero-order valence-corrected chi connectivity index (χ0v) is 10.9. The molecule has 1 fully saturated rings. The van der Waals surface area contributed by atoms with E-state index in [4.69, 9.17) is 5.11 Å². The summed E-state index contributed by atoms with van der Waals surface area (Å²) in [5.41, 5.74) is 1.23. The third-order valence-corrected chi connectivity index (χ3v) is 4.00.